The number of amides is 2. The molecule has 2 N–H and O–H groups in total. The minimum atomic E-state index is -0.253. The fraction of sp³-hybridized carbons (Fsp3) is 0.364. The van der Waals surface area contributed by atoms with Crippen LogP contribution in [0.4, 0.5) is 0 Å². The Hall–Kier alpha value is -1.29. The van der Waals surface area contributed by atoms with E-state index in [1.54, 1.807) is 12.3 Å². The molecule has 2 amide bonds. The van der Waals surface area contributed by atoms with Crippen molar-refractivity contribution in [3.05, 3.63) is 18.3 Å². The maximum Gasteiger partial charge on any atom is 0.253 e. The van der Waals surface area contributed by atoms with Gasteiger partial charge in [-0.3, -0.25) is 19.3 Å². The van der Waals surface area contributed by atoms with Crippen LogP contribution in [0, 0.1) is 0 Å². The molecule has 0 saturated carbocycles. The minimum Gasteiger partial charge on any atom is -0.277 e. The highest BCUT2D eigenvalue weighted by molar-refractivity contribution is 8.02. The molecule has 0 aromatic carbocycles. The zero-order chi connectivity index (χ0) is 14.8. The lowest BCUT2D eigenvalue weighted by Crippen LogP contribution is -2.24. The van der Waals surface area contributed by atoms with Gasteiger partial charge in [0.05, 0.1) is 25.7 Å². The van der Waals surface area contributed by atoms with Gasteiger partial charge in [-0.15, -0.1) is 11.8 Å². The summed E-state index contributed by atoms with van der Waals surface area (Å²) in [5.74, 6) is -0.106. The average molecular weight is 317 g/mol. The Morgan fingerprint density at radius 1 is 1.15 bits per heavy atom. The summed E-state index contributed by atoms with van der Waals surface area (Å²) in [5.41, 5.74) is 4.46. The molecule has 110 valence electrons. The molecule has 0 aliphatic rings. The van der Waals surface area contributed by atoms with Crippen molar-refractivity contribution in [2.24, 2.45) is 0 Å². The number of hydrogen-bond acceptors (Lipinski definition) is 7. The van der Waals surface area contributed by atoms with Crippen molar-refractivity contribution >= 4 is 35.3 Å². The third-order valence-electron chi connectivity index (χ3n) is 1.87. The van der Waals surface area contributed by atoms with Crippen molar-refractivity contribution in [1.82, 2.24) is 15.9 Å². The van der Waals surface area contributed by atoms with E-state index in [9.17, 15) is 9.59 Å². The first-order chi connectivity index (χ1) is 9.67. The Balaban J connectivity index is 2.54. The standard InChI is InChI=1S/C11H15N3O4S2/c1-17-13-9(15)6-19-8-4-3-5-12-11(8)20-7-10(16)14-18-2/h3-5H,6-7H2,1-2H3,(H,13,15)(H,14,16). The van der Waals surface area contributed by atoms with Crippen LogP contribution < -0.4 is 11.0 Å². The maximum absolute atomic E-state index is 11.3. The Bertz CT molecular complexity index is 418. The summed E-state index contributed by atoms with van der Waals surface area (Å²) in [6.45, 7) is 0. The zero-order valence-electron chi connectivity index (χ0n) is 11.0. The smallest absolute Gasteiger partial charge is 0.253 e. The Morgan fingerprint density at radius 3 is 2.35 bits per heavy atom. The van der Waals surface area contributed by atoms with Crippen LogP contribution in [0.1, 0.15) is 0 Å². The number of hydroxylamine groups is 2. The van der Waals surface area contributed by atoms with E-state index < -0.39 is 0 Å². The second kappa shape index (κ2) is 9.59. The number of aromatic nitrogens is 1. The first-order valence-electron chi connectivity index (χ1n) is 5.51. The normalized spacial score (nSPS) is 10.1. The lowest BCUT2D eigenvalue weighted by molar-refractivity contribution is -0.129. The van der Waals surface area contributed by atoms with Gasteiger partial charge in [-0.25, -0.2) is 15.9 Å². The fourth-order valence-electron chi connectivity index (χ4n) is 1.16. The van der Waals surface area contributed by atoms with Crippen molar-refractivity contribution in [2.75, 3.05) is 25.7 Å². The van der Waals surface area contributed by atoms with E-state index in [0.29, 0.717) is 5.03 Å². The number of hydrogen-bond donors (Lipinski definition) is 2. The van der Waals surface area contributed by atoms with Gasteiger partial charge in [0, 0.05) is 11.1 Å². The van der Waals surface area contributed by atoms with Crippen LogP contribution in [0.5, 0.6) is 0 Å². The van der Waals surface area contributed by atoms with Crippen LogP contribution in [0.2, 0.25) is 0 Å². The largest absolute Gasteiger partial charge is 0.277 e. The second-order valence-electron chi connectivity index (χ2n) is 3.34. The topological polar surface area (TPSA) is 89.5 Å². The summed E-state index contributed by atoms with van der Waals surface area (Å²) in [4.78, 5) is 36.7. The molecule has 0 spiro atoms. The van der Waals surface area contributed by atoms with Gasteiger partial charge in [0.15, 0.2) is 0 Å². The van der Waals surface area contributed by atoms with Gasteiger partial charge in [-0.2, -0.15) is 0 Å². The van der Waals surface area contributed by atoms with E-state index in [2.05, 4.69) is 25.6 Å². The summed E-state index contributed by atoms with van der Waals surface area (Å²) < 4.78 is 0. The van der Waals surface area contributed by atoms with Crippen molar-refractivity contribution in [3.63, 3.8) is 0 Å². The van der Waals surface area contributed by atoms with Crippen LogP contribution in [0.3, 0.4) is 0 Å². The summed E-state index contributed by atoms with van der Waals surface area (Å²) in [7, 11) is 2.75. The van der Waals surface area contributed by atoms with Gasteiger partial charge in [0.1, 0.15) is 5.03 Å². The molecular formula is C11H15N3O4S2. The molecule has 0 aliphatic carbocycles. The van der Waals surface area contributed by atoms with E-state index >= 15 is 0 Å². The number of rotatable bonds is 8. The number of thioether (sulfide) groups is 2. The fourth-order valence-corrected chi connectivity index (χ4v) is 2.88. The van der Waals surface area contributed by atoms with Crippen molar-refractivity contribution in [3.8, 4) is 0 Å². The SMILES string of the molecule is CONC(=O)CSc1cccnc1SCC(=O)NOC. The minimum absolute atomic E-state index is 0.183. The number of carbonyl (C=O) groups is 2. The molecule has 0 unspecified atom stereocenters. The maximum atomic E-state index is 11.3. The van der Waals surface area contributed by atoms with E-state index in [-0.39, 0.29) is 23.3 Å². The van der Waals surface area contributed by atoms with Gasteiger partial charge < -0.3 is 0 Å². The Morgan fingerprint density at radius 2 is 1.75 bits per heavy atom. The summed E-state index contributed by atoms with van der Waals surface area (Å²) >= 11 is 2.59. The van der Waals surface area contributed by atoms with Crippen LogP contribution in [-0.4, -0.2) is 42.5 Å². The Kier molecular flexibility index (Phi) is 8.04. The van der Waals surface area contributed by atoms with Crippen LogP contribution in [0.15, 0.2) is 28.3 Å². The quantitative estimate of drug-likeness (QED) is 0.536. The number of nitrogens with one attached hydrogen (secondary N) is 2. The van der Waals surface area contributed by atoms with Crippen molar-refractivity contribution < 1.29 is 19.3 Å². The highest BCUT2D eigenvalue weighted by atomic mass is 32.2. The molecule has 0 atom stereocenters. The van der Waals surface area contributed by atoms with Gasteiger partial charge in [0.2, 0.25) is 0 Å². The van der Waals surface area contributed by atoms with Crippen LogP contribution >= 0.6 is 23.5 Å². The second-order valence-corrected chi connectivity index (χ2v) is 5.32. The molecule has 0 saturated heterocycles. The molecule has 9 heteroatoms. The molecule has 1 aromatic rings. The average Bonchev–Trinajstić information content (AvgIpc) is 2.44. The van der Waals surface area contributed by atoms with Gasteiger partial charge in [0.25, 0.3) is 11.8 Å². The van der Waals surface area contributed by atoms with E-state index in [1.165, 1.54) is 37.7 Å². The first kappa shape index (κ1) is 16.8. The summed E-state index contributed by atoms with van der Waals surface area (Å²) in [5, 5.41) is 0.689. The molecule has 1 aromatic heterocycles. The molecule has 1 rings (SSSR count). The molecule has 20 heavy (non-hydrogen) atoms. The monoisotopic (exact) mass is 317 g/mol. The first-order valence-corrected chi connectivity index (χ1v) is 7.48. The Labute approximate surface area is 125 Å². The van der Waals surface area contributed by atoms with Crippen molar-refractivity contribution in [1.29, 1.82) is 0 Å². The summed E-state index contributed by atoms with van der Waals surface area (Å²) in [6.07, 6.45) is 1.63. The molecule has 1 heterocycles. The predicted molar refractivity (Wildman–Crippen MR) is 76.0 cm³/mol. The van der Waals surface area contributed by atoms with Gasteiger partial charge in [-0.05, 0) is 12.1 Å². The summed E-state index contributed by atoms with van der Waals surface area (Å²) in [6, 6.07) is 3.62. The molecular weight excluding hydrogens is 302 g/mol. The third-order valence-corrected chi connectivity index (χ3v) is 4.05. The van der Waals surface area contributed by atoms with E-state index in [0.717, 1.165) is 4.90 Å². The molecule has 0 bridgehead atoms. The zero-order valence-corrected chi connectivity index (χ0v) is 12.7. The molecule has 0 fully saturated rings. The molecule has 0 radical (unpaired) electrons. The number of carbonyl (C=O) groups excluding carboxylic acids is 2. The van der Waals surface area contributed by atoms with Crippen LogP contribution in [-0.2, 0) is 19.3 Å². The predicted octanol–water partition coefficient (Wildman–Crippen LogP) is 0.621. The van der Waals surface area contributed by atoms with E-state index in [4.69, 9.17) is 0 Å². The number of pyridine rings is 1. The van der Waals surface area contributed by atoms with E-state index in [1.807, 2.05) is 6.07 Å². The third kappa shape index (κ3) is 6.24. The lowest BCUT2D eigenvalue weighted by atomic mass is 10.5. The van der Waals surface area contributed by atoms with Gasteiger partial charge in [-0.1, -0.05) is 11.8 Å². The van der Waals surface area contributed by atoms with Gasteiger partial charge >= 0.3 is 0 Å². The van der Waals surface area contributed by atoms with Crippen molar-refractivity contribution in [2.45, 2.75) is 9.92 Å². The lowest BCUT2D eigenvalue weighted by Gasteiger charge is -2.07. The highest BCUT2D eigenvalue weighted by Gasteiger charge is 2.10. The number of nitrogens with zero attached hydrogens (tertiary/aromatic N) is 1. The molecule has 7 nitrogen and oxygen atoms in total. The molecule has 0 aliphatic heterocycles. The van der Waals surface area contributed by atoms with Crippen LogP contribution in [0.25, 0.3) is 0 Å². The highest BCUT2D eigenvalue weighted by Crippen LogP contribution is 2.28.